The molecule has 0 unspecified atom stereocenters. The maximum atomic E-state index is 11.2. The summed E-state index contributed by atoms with van der Waals surface area (Å²) >= 11 is 0. The maximum Gasteiger partial charge on any atom is 0.335 e. The molecule has 3 aromatic carbocycles. The van der Waals surface area contributed by atoms with E-state index in [9.17, 15) is 9.90 Å². The summed E-state index contributed by atoms with van der Waals surface area (Å²) in [7, 11) is 0. The van der Waals surface area contributed by atoms with Gasteiger partial charge in [-0.25, -0.2) is 4.79 Å². The normalized spacial score (nSPS) is 11.5. The summed E-state index contributed by atoms with van der Waals surface area (Å²) in [5.41, 5.74) is 6.81. The third-order valence-corrected chi connectivity index (χ3v) is 5.69. The molecule has 0 aliphatic heterocycles. The largest absolute Gasteiger partial charge is 0.478 e. The van der Waals surface area contributed by atoms with E-state index in [4.69, 9.17) is 0 Å². The summed E-state index contributed by atoms with van der Waals surface area (Å²) in [6, 6.07) is 25.3. The number of hydrogen-bond acceptors (Lipinski definition) is 1. The molecule has 2 nitrogen and oxygen atoms in total. The van der Waals surface area contributed by atoms with Crippen molar-refractivity contribution >= 4 is 5.97 Å². The Bertz CT molecular complexity index is 911. The number of benzene rings is 3. The first-order valence-corrected chi connectivity index (χ1v) is 11.3. The maximum absolute atomic E-state index is 11.2. The summed E-state index contributed by atoms with van der Waals surface area (Å²) < 4.78 is 0. The average Bonchev–Trinajstić information content (AvgIpc) is 2.73. The Hall–Kier alpha value is -2.87. The number of carboxylic acid groups (broad SMARTS) is 1. The van der Waals surface area contributed by atoms with Crippen LogP contribution in [0.3, 0.4) is 0 Å². The van der Waals surface area contributed by atoms with Gasteiger partial charge in [-0.15, -0.1) is 0 Å². The van der Waals surface area contributed by atoms with E-state index in [2.05, 4.69) is 76.2 Å². The summed E-state index contributed by atoms with van der Waals surface area (Å²) in [6.45, 7) is 8.98. The van der Waals surface area contributed by atoms with Gasteiger partial charge in [0.25, 0.3) is 0 Å². The van der Waals surface area contributed by atoms with Gasteiger partial charge in [-0.05, 0) is 71.0 Å². The van der Waals surface area contributed by atoms with E-state index in [-0.39, 0.29) is 5.92 Å². The van der Waals surface area contributed by atoms with E-state index >= 15 is 0 Å². The van der Waals surface area contributed by atoms with E-state index < -0.39 is 5.97 Å². The molecule has 2 heteroatoms. The van der Waals surface area contributed by atoms with Crippen molar-refractivity contribution in [1.29, 1.82) is 0 Å². The van der Waals surface area contributed by atoms with Gasteiger partial charge in [0.1, 0.15) is 0 Å². The van der Waals surface area contributed by atoms with Gasteiger partial charge in [0.15, 0.2) is 0 Å². The van der Waals surface area contributed by atoms with Crippen molar-refractivity contribution in [1.82, 2.24) is 0 Å². The molecule has 0 saturated heterocycles. The fourth-order valence-corrected chi connectivity index (χ4v) is 4.16. The van der Waals surface area contributed by atoms with E-state index in [1.165, 1.54) is 22.3 Å². The lowest BCUT2D eigenvalue weighted by atomic mass is 9.84. The number of carbonyl (C=O) groups is 1. The molecule has 0 spiro atoms. The van der Waals surface area contributed by atoms with Crippen LogP contribution in [0, 0.1) is 11.8 Å². The zero-order chi connectivity index (χ0) is 22.4. The van der Waals surface area contributed by atoms with Crippen molar-refractivity contribution in [3.63, 3.8) is 0 Å². The van der Waals surface area contributed by atoms with Gasteiger partial charge in [0.2, 0.25) is 0 Å². The molecule has 0 atom stereocenters. The van der Waals surface area contributed by atoms with Crippen LogP contribution in [0.15, 0.2) is 72.8 Å². The smallest absolute Gasteiger partial charge is 0.335 e. The molecule has 162 valence electrons. The van der Waals surface area contributed by atoms with Crippen LogP contribution in [0.1, 0.15) is 71.8 Å². The number of carboxylic acids is 1. The van der Waals surface area contributed by atoms with E-state index in [0.717, 1.165) is 24.8 Å². The van der Waals surface area contributed by atoms with E-state index in [1.807, 2.05) is 12.1 Å². The standard InChI is InChI=1S/C29H34O2/c1-20(2)17-22-5-11-25(12-6-22)28(19-24-9-15-27(16-10-24)29(30)31)26-13-7-23(8-14-26)18-21(3)4/h5-16,20-21,28H,17-19H2,1-4H3,(H,30,31). The van der Waals surface area contributed by atoms with Crippen molar-refractivity contribution in [3.05, 3.63) is 106 Å². The Labute approximate surface area is 187 Å². The van der Waals surface area contributed by atoms with Gasteiger partial charge in [0.05, 0.1) is 5.56 Å². The van der Waals surface area contributed by atoms with Crippen LogP contribution >= 0.6 is 0 Å². The molecule has 0 saturated carbocycles. The summed E-state index contributed by atoms with van der Waals surface area (Å²) in [5.74, 6) is 0.632. The van der Waals surface area contributed by atoms with Crippen molar-refractivity contribution in [2.45, 2.75) is 52.9 Å². The molecule has 0 fully saturated rings. The monoisotopic (exact) mass is 414 g/mol. The van der Waals surface area contributed by atoms with Crippen molar-refractivity contribution in [3.8, 4) is 0 Å². The second-order valence-electron chi connectivity index (χ2n) is 9.44. The van der Waals surface area contributed by atoms with Gasteiger partial charge in [-0.2, -0.15) is 0 Å². The SMILES string of the molecule is CC(C)Cc1ccc(C(Cc2ccc(C(=O)O)cc2)c2ccc(CC(C)C)cc2)cc1. The molecule has 0 radical (unpaired) electrons. The van der Waals surface area contributed by atoms with Crippen LogP contribution in [0.5, 0.6) is 0 Å². The minimum absolute atomic E-state index is 0.233. The third-order valence-electron chi connectivity index (χ3n) is 5.69. The highest BCUT2D eigenvalue weighted by molar-refractivity contribution is 5.87. The molecule has 31 heavy (non-hydrogen) atoms. The zero-order valence-corrected chi connectivity index (χ0v) is 19.1. The molecule has 0 aromatic heterocycles. The number of aromatic carboxylic acids is 1. The highest BCUT2D eigenvalue weighted by Crippen LogP contribution is 2.30. The first-order valence-electron chi connectivity index (χ1n) is 11.3. The molecule has 0 heterocycles. The van der Waals surface area contributed by atoms with Crippen LogP contribution in [0.25, 0.3) is 0 Å². The lowest BCUT2D eigenvalue weighted by molar-refractivity contribution is 0.0697. The first-order chi connectivity index (χ1) is 14.8. The predicted molar refractivity (Wildman–Crippen MR) is 129 cm³/mol. The van der Waals surface area contributed by atoms with Crippen molar-refractivity contribution in [2.75, 3.05) is 0 Å². The van der Waals surface area contributed by atoms with E-state index in [1.54, 1.807) is 12.1 Å². The van der Waals surface area contributed by atoms with Gasteiger partial charge < -0.3 is 5.11 Å². The molecular weight excluding hydrogens is 380 g/mol. The Morgan fingerprint density at radius 1 is 0.613 bits per heavy atom. The topological polar surface area (TPSA) is 37.3 Å². The Morgan fingerprint density at radius 3 is 1.32 bits per heavy atom. The molecule has 0 aliphatic rings. The van der Waals surface area contributed by atoms with Crippen LogP contribution < -0.4 is 0 Å². The van der Waals surface area contributed by atoms with E-state index in [0.29, 0.717) is 17.4 Å². The highest BCUT2D eigenvalue weighted by Gasteiger charge is 2.16. The molecule has 1 N–H and O–H groups in total. The summed E-state index contributed by atoms with van der Waals surface area (Å²) in [4.78, 5) is 11.2. The zero-order valence-electron chi connectivity index (χ0n) is 19.1. The van der Waals surface area contributed by atoms with Gasteiger partial charge in [-0.1, -0.05) is 88.4 Å². The molecule has 0 amide bonds. The van der Waals surface area contributed by atoms with Crippen LogP contribution in [-0.4, -0.2) is 11.1 Å². The minimum atomic E-state index is -0.885. The molecule has 3 aromatic rings. The molecule has 0 bridgehead atoms. The number of hydrogen-bond donors (Lipinski definition) is 1. The fraction of sp³-hybridized carbons (Fsp3) is 0.345. The lowest BCUT2D eigenvalue weighted by Gasteiger charge is -2.20. The van der Waals surface area contributed by atoms with Crippen LogP contribution in [-0.2, 0) is 19.3 Å². The molecule has 0 aliphatic carbocycles. The Morgan fingerprint density at radius 2 is 0.968 bits per heavy atom. The fourth-order valence-electron chi connectivity index (χ4n) is 4.16. The first kappa shape index (κ1) is 22.8. The highest BCUT2D eigenvalue weighted by atomic mass is 16.4. The third kappa shape index (κ3) is 6.55. The van der Waals surface area contributed by atoms with Crippen LogP contribution in [0.4, 0.5) is 0 Å². The van der Waals surface area contributed by atoms with Crippen molar-refractivity contribution < 1.29 is 9.90 Å². The van der Waals surface area contributed by atoms with Gasteiger partial charge in [0, 0.05) is 5.92 Å². The van der Waals surface area contributed by atoms with Crippen molar-refractivity contribution in [2.24, 2.45) is 11.8 Å². The lowest BCUT2D eigenvalue weighted by Crippen LogP contribution is -2.07. The Balaban J connectivity index is 1.90. The predicted octanol–water partition coefficient (Wildman–Crippen LogP) is 7.16. The second kappa shape index (κ2) is 10.4. The van der Waals surface area contributed by atoms with Gasteiger partial charge in [-0.3, -0.25) is 0 Å². The Kier molecular flexibility index (Phi) is 7.68. The molecular formula is C29H34O2. The minimum Gasteiger partial charge on any atom is -0.478 e. The van der Waals surface area contributed by atoms with Gasteiger partial charge >= 0.3 is 5.97 Å². The summed E-state index contributed by atoms with van der Waals surface area (Å²) in [5, 5.41) is 9.19. The average molecular weight is 415 g/mol. The summed E-state index contributed by atoms with van der Waals surface area (Å²) in [6.07, 6.45) is 3.02. The second-order valence-corrected chi connectivity index (χ2v) is 9.44. The quantitative estimate of drug-likeness (QED) is 0.403. The molecule has 3 rings (SSSR count). The van der Waals surface area contributed by atoms with Crippen LogP contribution in [0.2, 0.25) is 0 Å². The number of rotatable bonds is 9.